The van der Waals surface area contributed by atoms with E-state index in [1.165, 1.54) is 0 Å². The van der Waals surface area contributed by atoms with Gasteiger partial charge in [0.15, 0.2) is 0 Å². The third-order valence-corrected chi connectivity index (χ3v) is 5.24. The van der Waals surface area contributed by atoms with Gasteiger partial charge in [-0.15, -0.1) is 10.2 Å². The van der Waals surface area contributed by atoms with Crippen molar-refractivity contribution in [3.63, 3.8) is 0 Å². The minimum atomic E-state index is 0.402. The van der Waals surface area contributed by atoms with Gasteiger partial charge in [0.25, 0.3) is 0 Å². The van der Waals surface area contributed by atoms with E-state index in [1.54, 1.807) is 0 Å². The number of nitrogens with two attached hydrogens (primary N) is 1. The first-order valence-corrected chi connectivity index (χ1v) is 9.53. The maximum Gasteiger partial charge on any atom is 0.231 e. The van der Waals surface area contributed by atoms with Crippen molar-refractivity contribution in [1.29, 1.82) is 0 Å². The van der Waals surface area contributed by atoms with Gasteiger partial charge in [-0.1, -0.05) is 23.7 Å². The molecule has 7 heteroatoms. The monoisotopic (exact) mass is 382 g/mol. The van der Waals surface area contributed by atoms with Gasteiger partial charge >= 0.3 is 0 Å². The summed E-state index contributed by atoms with van der Waals surface area (Å²) < 4.78 is 2.08. The molecule has 1 aliphatic heterocycles. The van der Waals surface area contributed by atoms with Crippen LogP contribution >= 0.6 is 11.6 Å². The van der Waals surface area contributed by atoms with Gasteiger partial charge in [0.05, 0.1) is 17.1 Å². The third-order valence-electron chi connectivity index (χ3n) is 4.99. The molecule has 0 saturated carbocycles. The molecule has 6 nitrogen and oxygen atoms in total. The molecule has 0 spiro atoms. The number of benzene rings is 2. The fourth-order valence-electron chi connectivity index (χ4n) is 3.52. The number of aryl methyl sites for hydroxylation is 1. The molecule has 3 aromatic rings. The molecule has 1 aromatic heterocycles. The molecule has 140 valence electrons. The van der Waals surface area contributed by atoms with Crippen molar-refractivity contribution in [3.05, 3.63) is 59.4 Å². The van der Waals surface area contributed by atoms with Gasteiger partial charge in [-0.3, -0.25) is 4.57 Å². The van der Waals surface area contributed by atoms with Crippen LogP contribution in [0.3, 0.4) is 0 Å². The molecule has 0 bridgehead atoms. The van der Waals surface area contributed by atoms with Crippen LogP contribution in [0.15, 0.2) is 48.5 Å². The standard InChI is InChI=1S/C20H23ClN6/c1-14-24-25-20(27(14)17-8-6-15(21)7-9-17)26-12-10-16(11-13-26)23-19-5-3-2-4-18(19)22/h2-9,16,23H,10-13,22H2,1H3. The lowest BCUT2D eigenvalue weighted by Gasteiger charge is -2.33. The van der Waals surface area contributed by atoms with Crippen molar-refractivity contribution in [2.45, 2.75) is 25.8 Å². The van der Waals surface area contributed by atoms with Crippen LogP contribution in [0.2, 0.25) is 5.02 Å². The number of aromatic nitrogens is 3. The summed E-state index contributed by atoms with van der Waals surface area (Å²) in [5.41, 5.74) is 8.87. The van der Waals surface area contributed by atoms with Crippen LogP contribution in [-0.2, 0) is 0 Å². The minimum Gasteiger partial charge on any atom is -0.397 e. The normalized spacial score (nSPS) is 15.1. The van der Waals surface area contributed by atoms with Crippen LogP contribution < -0.4 is 16.0 Å². The number of hydrogen-bond acceptors (Lipinski definition) is 5. The summed E-state index contributed by atoms with van der Waals surface area (Å²) in [5, 5.41) is 13.0. The molecule has 0 aliphatic carbocycles. The number of halogens is 1. The first-order valence-electron chi connectivity index (χ1n) is 9.16. The van der Waals surface area contributed by atoms with Crippen molar-refractivity contribution in [2.24, 2.45) is 0 Å². The van der Waals surface area contributed by atoms with E-state index < -0.39 is 0 Å². The average Bonchev–Trinajstić information content (AvgIpc) is 3.06. The van der Waals surface area contributed by atoms with Gasteiger partial charge in [0.2, 0.25) is 5.95 Å². The average molecular weight is 383 g/mol. The summed E-state index contributed by atoms with van der Waals surface area (Å²) in [6, 6.07) is 16.1. The highest BCUT2D eigenvalue weighted by Crippen LogP contribution is 2.26. The number of anilines is 3. The Hall–Kier alpha value is -2.73. The molecule has 3 N–H and O–H groups in total. The number of piperidine rings is 1. The summed E-state index contributed by atoms with van der Waals surface area (Å²) in [6.07, 6.45) is 2.03. The quantitative estimate of drug-likeness (QED) is 0.670. The molecule has 1 aliphatic rings. The molecule has 0 radical (unpaired) electrons. The zero-order valence-electron chi connectivity index (χ0n) is 15.3. The van der Waals surface area contributed by atoms with E-state index in [0.29, 0.717) is 6.04 Å². The van der Waals surface area contributed by atoms with Crippen molar-refractivity contribution in [3.8, 4) is 5.69 Å². The maximum absolute atomic E-state index is 6.05. The van der Waals surface area contributed by atoms with Crippen LogP contribution in [-0.4, -0.2) is 33.9 Å². The number of para-hydroxylation sites is 2. The van der Waals surface area contributed by atoms with Crippen molar-refractivity contribution < 1.29 is 0 Å². The number of rotatable bonds is 4. The smallest absolute Gasteiger partial charge is 0.231 e. The van der Waals surface area contributed by atoms with Crippen molar-refractivity contribution in [2.75, 3.05) is 29.0 Å². The van der Waals surface area contributed by atoms with E-state index in [-0.39, 0.29) is 0 Å². The Morgan fingerprint density at radius 2 is 1.74 bits per heavy atom. The predicted molar refractivity (Wildman–Crippen MR) is 111 cm³/mol. The lowest BCUT2D eigenvalue weighted by Crippen LogP contribution is -2.40. The molecule has 2 aromatic carbocycles. The Balaban J connectivity index is 1.47. The summed E-state index contributed by atoms with van der Waals surface area (Å²) >= 11 is 6.03. The first-order chi connectivity index (χ1) is 13.1. The fraction of sp³-hybridized carbons (Fsp3) is 0.300. The van der Waals surface area contributed by atoms with Crippen LogP contribution in [0.1, 0.15) is 18.7 Å². The van der Waals surface area contributed by atoms with E-state index in [1.807, 2.05) is 55.5 Å². The molecular formula is C20H23ClN6. The van der Waals surface area contributed by atoms with Gasteiger partial charge < -0.3 is 16.0 Å². The lowest BCUT2D eigenvalue weighted by molar-refractivity contribution is 0.518. The molecule has 0 atom stereocenters. The van der Waals surface area contributed by atoms with Crippen molar-refractivity contribution in [1.82, 2.24) is 14.8 Å². The second-order valence-corrected chi connectivity index (χ2v) is 7.29. The van der Waals surface area contributed by atoms with Crippen LogP contribution in [0.25, 0.3) is 5.69 Å². The highest BCUT2D eigenvalue weighted by molar-refractivity contribution is 6.30. The summed E-state index contributed by atoms with van der Waals surface area (Å²) in [4.78, 5) is 2.29. The fourth-order valence-corrected chi connectivity index (χ4v) is 3.65. The Morgan fingerprint density at radius 3 is 2.44 bits per heavy atom. The Bertz CT molecular complexity index is 912. The van der Waals surface area contributed by atoms with Crippen LogP contribution in [0, 0.1) is 6.92 Å². The molecular weight excluding hydrogens is 360 g/mol. The summed E-state index contributed by atoms with van der Waals surface area (Å²) in [6.45, 7) is 3.80. The number of nitrogen functional groups attached to an aromatic ring is 1. The van der Waals surface area contributed by atoms with Gasteiger partial charge in [-0.25, -0.2) is 0 Å². The van der Waals surface area contributed by atoms with E-state index in [2.05, 4.69) is 25.0 Å². The highest BCUT2D eigenvalue weighted by Gasteiger charge is 2.24. The largest absolute Gasteiger partial charge is 0.397 e. The number of nitrogens with one attached hydrogen (secondary N) is 1. The molecule has 1 fully saturated rings. The molecule has 0 amide bonds. The zero-order valence-corrected chi connectivity index (χ0v) is 16.0. The SMILES string of the molecule is Cc1nnc(N2CCC(Nc3ccccc3N)CC2)n1-c1ccc(Cl)cc1. The molecule has 4 rings (SSSR count). The number of hydrogen-bond donors (Lipinski definition) is 2. The molecule has 0 unspecified atom stereocenters. The lowest BCUT2D eigenvalue weighted by atomic mass is 10.0. The maximum atomic E-state index is 6.05. The molecule has 27 heavy (non-hydrogen) atoms. The zero-order chi connectivity index (χ0) is 18.8. The van der Waals surface area contributed by atoms with Gasteiger partial charge in [-0.2, -0.15) is 0 Å². The Labute approximate surface area is 164 Å². The van der Waals surface area contributed by atoms with E-state index in [9.17, 15) is 0 Å². The van der Waals surface area contributed by atoms with E-state index in [0.717, 1.165) is 59.8 Å². The van der Waals surface area contributed by atoms with E-state index in [4.69, 9.17) is 17.3 Å². The van der Waals surface area contributed by atoms with Crippen LogP contribution in [0.4, 0.5) is 17.3 Å². The number of nitrogens with zero attached hydrogens (tertiary/aromatic N) is 4. The molecule has 1 saturated heterocycles. The third kappa shape index (κ3) is 3.71. The van der Waals surface area contributed by atoms with Gasteiger partial charge in [0.1, 0.15) is 5.82 Å². The highest BCUT2D eigenvalue weighted by atomic mass is 35.5. The summed E-state index contributed by atoms with van der Waals surface area (Å²) in [7, 11) is 0. The predicted octanol–water partition coefficient (Wildman–Crippen LogP) is 3.89. The van der Waals surface area contributed by atoms with Gasteiger partial charge in [0, 0.05) is 24.2 Å². The first kappa shape index (κ1) is 17.7. The van der Waals surface area contributed by atoms with Crippen LogP contribution in [0.5, 0.6) is 0 Å². The second-order valence-electron chi connectivity index (χ2n) is 6.85. The summed E-state index contributed by atoms with van der Waals surface area (Å²) in [5.74, 6) is 1.75. The minimum absolute atomic E-state index is 0.402. The Morgan fingerprint density at radius 1 is 1.04 bits per heavy atom. The second kappa shape index (κ2) is 7.48. The van der Waals surface area contributed by atoms with Gasteiger partial charge in [-0.05, 0) is 56.2 Å². The van der Waals surface area contributed by atoms with E-state index >= 15 is 0 Å². The topological polar surface area (TPSA) is 72.0 Å². The molecule has 2 heterocycles. The Kier molecular flexibility index (Phi) is 4.90. The van der Waals surface area contributed by atoms with Crippen molar-refractivity contribution >= 4 is 28.9 Å².